The van der Waals surface area contributed by atoms with Crippen molar-refractivity contribution in [1.82, 2.24) is 9.97 Å². The summed E-state index contributed by atoms with van der Waals surface area (Å²) in [6.07, 6.45) is 0. The largest absolute Gasteiger partial charge is 0.383 e. The number of halogens is 2. The van der Waals surface area contributed by atoms with E-state index in [-0.39, 0.29) is 0 Å². The lowest BCUT2D eigenvalue weighted by Crippen LogP contribution is -2.00. The predicted octanol–water partition coefficient (Wildman–Crippen LogP) is 4.81. The molecule has 1 heterocycles. The van der Waals surface area contributed by atoms with E-state index in [1.54, 1.807) is 12.1 Å². The van der Waals surface area contributed by atoms with Crippen LogP contribution in [0.25, 0.3) is 22.6 Å². The van der Waals surface area contributed by atoms with Crippen LogP contribution in [0.1, 0.15) is 0 Å². The van der Waals surface area contributed by atoms with Gasteiger partial charge in [-0.15, -0.1) is 0 Å². The minimum absolute atomic E-state index is 0.411. The van der Waals surface area contributed by atoms with Crippen molar-refractivity contribution in [2.75, 3.05) is 5.73 Å². The third-order valence-corrected chi connectivity index (χ3v) is 4.06. The molecule has 0 aliphatic carbocycles. The minimum atomic E-state index is 0.411. The van der Waals surface area contributed by atoms with E-state index in [9.17, 15) is 0 Å². The zero-order chi connectivity index (χ0) is 14.8. The number of nitrogens with two attached hydrogens (primary N) is 1. The molecule has 0 radical (unpaired) electrons. The maximum absolute atomic E-state index is 6.00. The van der Waals surface area contributed by atoms with Gasteiger partial charge >= 0.3 is 0 Å². The van der Waals surface area contributed by atoms with Gasteiger partial charge in [-0.25, -0.2) is 9.97 Å². The van der Waals surface area contributed by atoms with Gasteiger partial charge < -0.3 is 5.73 Å². The van der Waals surface area contributed by atoms with E-state index in [0.29, 0.717) is 21.1 Å². The summed E-state index contributed by atoms with van der Waals surface area (Å²) in [5.41, 5.74) is 8.62. The van der Waals surface area contributed by atoms with Gasteiger partial charge in [0.2, 0.25) is 0 Å². The number of nitrogen functional groups attached to an aromatic ring is 1. The second kappa shape index (κ2) is 5.84. The van der Waals surface area contributed by atoms with Crippen LogP contribution in [0.4, 0.5) is 5.82 Å². The second-order valence-electron chi connectivity index (χ2n) is 4.47. The maximum Gasteiger partial charge on any atom is 0.162 e. The Morgan fingerprint density at radius 2 is 1.52 bits per heavy atom. The smallest absolute Gasteiger partial charge is 0.162 e. The van der Waals surface area contributed by atoms with E-state index in [1.165, 1.54) is 0 Å². The molecule has 3 rings (SSSR count). The number of benzene rings is 2. The molecule has 0 fully saturated rings. The summed E-state index contributed by atoms with van der Waals surface area (Å²) in [4.78, 5) is 8.96. The fourth-order valence-corrected chi connectivity index (χ4v) is 2.51. The Morgan fingerprint density at radius 1 is 0.857 bits per heavy atom. The summed E-state index contributed by atoms with van der Waals surface area (Å²) >= 11 is 9.37. The number of nitrogens with zero attached hydrogens (tertiary/aromatic N) is 2. The highest BCUT2D eigenvalue weighted by Crippen LogP contribution is 2.32. The zero-order valence-corrected chi connectivity index (χ0v) is 13.3. The first-order valence-electron chi connectivity index (χ1n) is 6.29. The number of anilines is 1. The molecule has 21 heavy (non-hydrogen) atoms. The van der Waals surface area contributed by atoms with E-state index in [0.717, 1.165) is 16.8 Å². The third-order valence-electron chi connectivity index (χ3n) is 3.03. The summed E-state index contributed by atoms with van der Waals surface area (Å²) in [6, 6.07) is 17.2. The summed E-state index contributed by atoms with van der Waals surface area (Å²) in [5, 5.41) is 0.673. The zero-order valence-electron chi connectivity index (χ0n) is 10.9. The van der Waals surface area contributed by atoms with Gasteiger partial charge in [-0.2, -0.15) is 0 Å². The molecule has 2 aromatic carbocycles. The van der Waals surface area contributed by atoms with Crippen LogP contribution >= 0.6 is 27.5 Å². The van der Waals surface area contributed by atoms with Crippen LogP contribution in [0.3, 0.4) is 0 Å². The molecule has 0 atom stereocenters. The number of hydrogen-bond donors (Lipinski definition) is 1. The lowest BCUT2D eigenvalue weighted by molar-refractivity contribution is 1.17. The van der Waals surface area contributed by atoms with Crippen LogP contribution in [-0.4, -0.2) is 9.97 Å². The van der Waals surface area contributed by atoms with Gasteiger partial charge in [0.05, 0.1) is 10.2 Å². The Bertz CT molecular complexity index is 774. The molecule has 0 saturated heterocycles. The highest BCUT2D eigenvalue weighted by Gasteiger charge is 2.13. The van der Waals surface area contributed by atoms with E-state index >= 15 is 0 Å². The lowest BCUT2D eigenvalue weighted by Gasteiger charge is -2.09. The normalized spacial score (nSPS) is 10.6. The van der Waals surface area contributed by atoms with Crippen LogP contribution < -0.4 is 5.73 Å². The van der Waals surface area contributed by atoms with E-state index in [2.05, 4.69) is 25.9 Å². The maximum atomic E-state index is 6.00. The topological polar surface area (TPSA) is 51.8 Å². The molecule has 3 nitrogen and oxygen atoms in total. The van der Waals surface area contributed by atoms with Crippen molar-refractivity contribution in [3.63, 3.8) is 0 Å². The summed E-state index contributed by atoms with van der Waals surface area (Å²) in [7, 11) is 0. The van der Waals surface area contributed by atoms with Crippen LogP contribution in [0.5, 0.6) is 0 Å². The van der Waals surface area contributed by atoms with Gasteiger partial charge in [0.25, 0.3) is 0 Å². The van der Waals surface area contributed by atoms with Gasteiger partial charge in [0.15, 0.2) is 5.82 Å². The fourth-order valence-electron chi connectivity index (χ4n) is 1.98. The van der Waals surface area contributed by atoms with Gasteiger partial charge in [-0.1, -0.05) is 41.9 Å². The quantitative estimate of drug-likeness (QED) is 0.713. The molecule has 2 N–H and O–H groups in total. The standard InChI is InChI=1S/C16H11BrClN3/c17-13-14(10-4-2-1-3-5-10)20-16(21-15(13)19)11-6-8-12(18)9-7-11/h1-9H,(H2,19,20,21). The molecule has 5 heteroatoms. The van der Waals surface area contributed by atoms with Crippen molar-refractivity contribution in [3.05, 3.63) is 64.1 Å². The van der Waals surface area contributed by atoms with Gasteiger partial charge in [-0.05, 0) is 40.2 Å². The molecule has 0 bridgehead atoms. The van der Waals surface area contributed by atoms with Crippen molar-refractivity contribution in [1.29, 1.82) is 0 Å². The number of rotatable bonds is 2. The van der Waals surface area contributed by atoms with Gasteiger partial charge in [-0.3, -0.25) is 0 Å². The Balaban J connectivity index is 2.16. The van der Waals surface area contributed by atoms with Crippen molar-refractivity contribution in [3.8, 4) is 22.6 Å². The van der Waals surface area contributed by atoms with Crippen molar-refractivity contribution in [2.45, 2.75) is 0 Å². The second-order valence-corrected chi connectivity index (χ2v) is 5.70. The van der Waals surface area contributed by atoms with Crippen LogP contribution in [0.15, 0.2) is 59.1 Å². The molecule has 0 aliphatic heterocycles. The molecule has 0 spiro atoms. The monoisotopic (exact) mass is 359 g/mol. The molecular formula is C16H11BrClN3. The number of hydrogen-bond acceptors (Lipinski definition) is 3. The Kier molecular flexibility index (Phi) is 3.90. The Hall–Kier alpha value is -1.91. The highest BCUT2D eigenvalue weighted by atomic mass is 79.9. The Labute approximate surface area is 135 Å². The molecule has 104 valence electrons. The summed E-state index contributed by atoms with van der Waals surface area (Å²) in [5.74, 6) is 0.986. The first-order valence-corrected chi connectivity index (χ1v) is 7.46. The first-order chi connectivity index (χ1) is 10.1. The molecular weight excluding hydrogens is 350 g/mol. The van der Waals surface area contributed by atoms with Crippen molar-refractivity contribution >= 4 is 33.3 Å². The third kappa shape index (κ3) is 2.91. The molecule has 0 unspecified atom stereocenters. The first kappa shape index (κ1) is 14.0. The van der Waals surface area contributed by atoms with E-state index in [1.807, 2.05) is 42.5 Å². The van der Waals surface area contributed by atoms with Crippen molar-refractivity contribution < 1.29 is 0 Å². The molecule has 3 aromatic rings. The summed E-state index contributed by atoms with van der Waals surface area (Å²) < 4.78 is 0.700. The van der Waals surface area contributed by atoms with Crippen LogP contribution in [-0.2, 0) is 0 Å². The lowest BCUT2D eigenvalue weighted by atomic mass is 10.1. The average molecular weight is 361 g/mol. The van der Waals surface area contributed by atoms with Crippen molar-refractivity contribution in [2.24, 2.45) is 0 Å². The average Bonchev–Trinajstić information content (AvgIpc) is 2.51. The fraction of sp³-hybridized carbons (Fsp3) is 0. The van der Waals surface area contributed by atoms with E-state index in [4.69, 9.17) is 17.3 Å². The molecule has 0 amide bonds. The predicted molar refractivity (Wildman–Crippen MR) is 90.0 cm³/mol. The van der Waals surface area contributed by atoms with Crippen LogP contribution in [0.2, 0.25) is 5.02 Å². The highest BCUT2D eigenvalue weighted by molar-refractivity contribution is 9.10. The van der Waals surface area contributed by atoms with Crippen LogP contribution in [0, 0.1) is 0 Å². The number of aromatic nitrogens is 2. The minimum Gasteiger partial charge on any atom is -0.383 e. The SMILES string of the molecule is Nc1nc(-c2ccc(Cl)cc2)nc(-c2ccccc2)c1Br. The molecule has 0 aliphatic rings. The van der Waals surface area contributed by atoms with E-state index < -0.39 is 0 Å². The van der Waals surface area contributed by atoms with Gasteiger partial charge in [0.1, 0.15) is 5.82 Å². The van der Waals surface area contributed by atoms with Gasteiger partial charge in [0, 0.05) is 16.1 Å². The Morgan fingerprint density at radius 3 is 2.19 bits per heavy atom. The molecule has 0 saturated carbocycles. The molecule has 1 aromatic heterocycles. The summed E-state index contributed by atoms with van der Waals surface area (Å²) in [6.45, 7) is 0.